The molecule has 4 unspecified atom stereocenters. The maximum atomic E-state index is 12.2. The van der Waals surface area contributed by atoms with Crippen LogP contribution in [0.2, 0.25) is 0 Å². The van der Waals surface area contributed by atoms with Crippen LogP contribution in [-0.2, 0) is 9.59 Å². The highest BCUT2D eigenvalue weighted by molar-refractivity contribution is 5.93. The van der Waals surface area contributed by atoms with Crippen LogP contribution in [-0.4, -0.2) is 39.9 Å². The molecule has 110 valence electrons. The van der Waals surface area contributed by atoms with E-state index in [-0.39, 0.29) is 29.7 Å². The third kappa shape index (κ3) is 1.57. The lowest BCUT2D eigenvalue weighted by Gasteiger charge is -2.35. The summed E-state index contributed by atoms with van der Waals surface area (Å²) in [6, 6.07) is 0. The van der Waals surface area contributed by atoms with Gasteiger partial charge < -0.3 is 10.4 Å². The molecule has 2 N–H and O–H groups in total. The molecule has 20 heavy (non-hydrogen) atoms. The molecule has 0 saturated heterocycles. The first-order valence-corrected chi connectivity index (χ1v) is 7.04. The van der Waals surface area contributed by atoms with Crippen molar-refractivity contribution in [2.75, 3.05) is 6.54 Å². The molecular formula is C14H21N3O3. The van der Waals surface area contributed by atoms with Gasteiger partial charge in [0.15, 0.2) is 5.72 Å². The van der Waals surface area contributed by atoms with E-state index in [2.05, 4.69) is 24.3 Å². The summed E-state index contributed by atoms with van der Waals surface area (Å²) in [6.07, 6.45) is 0.571. The quantitative estimate of drug-likeness (QED) is 0.764. The molecule has 1 aliphatic heterocycles. The molecule has 4 atom stereocenters. The van der Waals surface area contributed by atoms with Gasteiger partial charge in [0, 0.05) is 19.1 Å². The van der Waals surface area contributed by atoms with Gasteiger partial charge >= 0.3 is 0 Å². The minimum atomic E-state index is -1.19. The maximum absolute atomic E-state index is 12.2. The smallest absolute Gasteiger partial charge is 0.264 e. The van der Waals surface area contributed by atoms with Crippen LogP contribution >= 0.6 is 0 Å². The number of carbonyl (C=O) groups is 2. The normalized spacial score (nSPS) is 40.0. The Kier molecular flexibility index (Phi) is 2.58. The largest absolute Gasteiger partial charge is 0.368 e. The standard InChI is InChI=1S/C14H21N3O3/c1-7-11-12-9(13(12,3)4)5-14(11,20)17(16-7)10(19)6-15-8(2)18/h9,11-12,20H,5-6H2,1-4H3,(H,15,18). The van der Waals surface area contributed by atoms with Gasteiger partial charge in [-0.1, -0.05) is 13.8 Å². The van der Waals surface area contributed by atoms with Crippen molar-refractivity contribution < 1.29 is 14.7 Å². The fourth-order valence-corrected chi connectivity index (χ4v) is 4.24. The van der Waals surface area contributed by atoms with Gasteiger partial charge in [-0.2, -0.15) is 10.1 Å². The summed E-state index contributed by atoms with van der Waals surface area (Å²) in [4.78, 5) is 23.1. The molecule has 1 heterocycles. The van der Waals surface area contributed by atoms with Crippen molar-refractivity contribution in [2.45, 2.75) is 39.8 Å². The lowest BCUT2D eigenvalue weighted by Crippen LogP contribution is -2.52. The van der Waals surface area contributed by atoms with Crippen LogP contribution in [0, 0.1) is 23.2 Å². The Morgan fingerprint density at radius 1 is 1.50 bits per heavy atom. The van der Waals surface area contributed by atoms with Crippen molar-refractivity contribution in [1.82, 2.24) is 10.3 Å². The van der Waals surface area contributed by atoms with Crippen molar-refractivity contribution in [2.24, 2.45) is 28.3 Å². The number of nitrogens with one attached hydrogen (secondary N) is 1. The van der Waals surface area contributed by atoms with Crippen molar-refractivity contribution in [3.8, 4) is 0 Å². The molecule has 2 saturated carbocycles. The van der Waals surface area contributed by atoms with Gasteiger partial charge in [-0.05, 0) is 24.2 Å². The molecule has 3 aliphatic rings. The van der Waals surface area contributed by atoms with Gasteiger partial charge in [0.2, 0.25) is 5.91 Å². The molecule has 0 bridgehead atoms. The summed E-state index contributed by atoms with van der Waals surface area (Å²) < 4.78 is 0. The Bertz CT molecular complexity index is 528. The Balaban J connectivity index is 1.80. The second-order valence-electron chi connectivity index (χ2n) is 6.87. The molecule has 2 fully saturated rings. The van der Waals surface area contributed by atoms with E-state index in [1.807, 2.05) is 6.92 Å². The zero-order chi connectivity index (χ0) is 14.9. The first-order chi connectivity index (χ1) is 9.19. The van der Waals surface area contributed by atoms with Crippen LogP contribution in [0.15, 0.2) is 5.10 Å². The summed E-state index contributed by atoms with van der Waals surface area (Å²) >= 11 is 0. The predicted octanol–water partition coefficient (Wildman–Crippen LogP) is 0.321. The van der Waals surface area contributed by atoms with Crippen molar-refractivity contribution in [3.05, 3.63) is 0 Å². The molecule has 2 amide bonds. The number of nitrogens with zero attached hydrogens (tertiary/aromatic N) is 2. The molecule has 0 aromatic carbocycles. The van der Waals surface area contributed by atoms with E-state index in [0.29, 0.717) is 18.3 Å². The van der Waals surface area contributed by atoms with E-state index >= 15 is 0 Å². The molecule has 6 heteroatoms. The topological polar surface area (TPSA) is 82.0 Å². The maximum Gasteiger partial charge on any atom is 0.264 e. The molecular weight excluding hydrogens is 258 g/mol. The monoisotopic (exact) mass is 279 g/mol. The van der Waals surface area contributed by atoms with E-state index < -0.39 is 5.72 Å². The number of amides is 2. The Hall–Kier alpha value is -1.43. The van der Waals surface area contributed by atoms with Crippen molar-refractivity contribution >= 4 is 17.5 Å². The van der Waals surface area contributed by atoms with Crippen LogP contribution in [0.3, 0.4) is 0 Å². The molecule has 0 spiro atoms. The number of rotatable bonds is 2. The fourth-order valence-electron chi connectivity index (χ4n) is 4.24. The Morgan fingerprint density at radius 3 is 2.75 bits per heavy atom. The SMILES string of the molecule is CC(=O)NCC(=O)N1N=C(C)C2C3C(CC21O)C3(C)C. The van der Waals surface area contributed by atoms with E-state index in [4.69, 9.17) is 0 Å². The summed E-state index contributed by atoms with van der Waals surface area (Å²) in [5.41, 5.74) is -0.142. The number of carbonyl (C=O) groups excluding carboxylic acids is 2. The molecule has 2 aliphatic carbocycles. The van der Waals surface area contributed by atoms with Crippen molar-refractivity contribution in [1.29, 1.82) is 0 Å². The highest BCUT2D eigenvalue weighted by Crippen LogP contribution is 2.73. The molecule has 0 radical (unpaired) electrons. The molecule has 0 aromatic heterocycles. The highest BCUT2D eigenvalue weighted by atomic mass is 16.3. The predicted molar refractivity (Wildman–Crippen MR) is 72.5 cm³/mol. The van der Waals surface area contributed by atoms with E-state index in [0.717, 1.165) is 5.71 Å². The highest BCUT2D eigenvalue weighted by Gasteiger charge is 2.75. The van der Waals surface area contributed by atoms with Crippen LogP contribution in [0.4, 0.5) is 0 Å². The summed E-state index contributed by atoms with van der Waals surface area (Å²) in [5.74, 6) is 0.151. The van der Waals surface area contributed by atoms with E-state index in [1.165, 1.54) is 11.9 Å². The lowest BCUT2D eigenvalue weighted by molar-refractivity contribution is -0.163. The average molecular weight is 279 g/mol. The van der Waals surface area contributed by atoms with Crippen LogP contribution in [0.1, 0.15) is 34.1 Å². The number of hydrazone groups is 1. The number of hydrogen-bond acceptors (Lipinski definition) is 4. The van der Waals surface area contributed by atoms with Crippen molar-refractivity contribution in [3.63, 3.8) is 0 Å². The van der Waals surface area contributed by atoms with E-state index in [9.17, 15) is 14.7 Å². The first-order valence-electron chi connectivity index (χ1n) is 7.04. The summed E-state index contributed by atoms with van der Waals surface area (Å²) in [7, 11) is 0. The van der Waals surface area contributed by atoms with Crippen LogP contribution in [0.5, 0.6) is 0 Å². The second-order valence-corrected chi connectivity index (χ2v) is 6.87. The van der Waals surface area contributed by atoms with E-state index in [1.54, 1.807) is 0 Å². The lowest BCUT2D eigenvalue weighted by atomic mass is 9.84. The van der Waals surface area contributed by atoms with Gasteiger partial charge in [-0.25, -0.2) is 0 Å². The summed E-state index contributed by atoms with van der Waals surface area (Å²) in [6.45, 7) is 7.52. The number of aliphatic hydroxyl groups is 1. The summed E-state index contributed by atoms with van der Waals surface area (Å²) in [5, 5.41) is 18.8. The van der Waals surface area contributed by atoms with Crippen LogP contribution in [0.25, 0.3) is 0 Å². The van der Waals surface area contributed by atoms with Gasteiger partial charge in [-0.15, -0.1) is 0 Å². The zero-order valence-electron chi connectivity index (χ0n) is 12.3. The third-order valence-corrected chi connectivity index (χ3v) is 5.32. The fraction of sp³-hybridized carbons (Fsp3) is 0.786. The Morgan fingerprint density at radius 2 is 2.15 bits per heavy atom. The van der Waals surface area contributed by atoms with Gasteiger partial charge in [0.1, 0.15) is 0 Å². The minimum absolute atomic E-state index is 0.0659. The Labute approximate surface area is 118 Å². The van der Waals surface area contributed by atoms with Gasteiger partial charge in [-0.3, -0.25) is 9.59 Å². The van der Waals surface area contributed by atoms with Gasteiger partial charge in [0.25, 0.3) is 5.91 Å². The molecule has 6 nitrogen and oxygen atoms in total. The second kappa shape index (κ2) is 3.81. The zero-order valence-corrected chi connectivity index (χ0v) is 12.3. The molecule has 3 rings (SSSR count). The number of fused-ring (bicyclic) bond motifs is 3. The molecule has 0 aromatic rings. The number of hydrogen-bond donors (Lipinski definition) is 2. The van der Waals surface area contributed by atoms with Gasteiger partial charge in [0.05, 0.1) is 12.5 Å². The minimum Gasteiger partial charge on any atom is -0.368 e. The third-order valence-electron chi connectivity index (χ3n) is 5.32. The average Bonchev–Trinajstić information content (AvgIpc) is 2.67. The van der Waals surface area contributed by atoms with Crippen LogP contribution < -0.4 is 5.32 Å². The first kappa shape index (κ1) is 13.5.